The molecule has 38 heavy (non-hydrogen) atoms. The van der Waals surface area contributed by atoms with Crippen LogP contribution in [0.5, 0.6) is 5.75 Å². The van der Waals surface area contributed by atoms with E-state index in [9.17, 15) is 13.2 Å². The molecule has 1 saturated carbocycles. The third kappa shape index (κ3) is 5.28. The van der Waals surface area contributed by atoms with E-state index in [1.165, 1.54) is 0 Å². The van der Waals surface area contributed by atoms with Crippen molar-refractivity contribution >= 4 is 37.4 Å². The van der Waals surface area contributed by atoms with Crippen molar-refractivity contribution in [1.82, 2.24) is 0 Å². The Hall–Kier alpha value is -3.38. The molecule has 5 rings (SSSR count). The van der Waals surface area contributed by atoms with Crippen LogP contribution in [0.2, 0.25) is 0 Å². The Bertz CT molecular complexity index is 1560. The summed E-state index contributed by atoms with van der Waals surface area (Å²) in [5, 5.41) is 3.19. The Morgan fingerprint density at radius 1 is 0.868 bits per heavy atom. The largest absolute Gasteiger partial charge is 0.497 e. The molecule has 0 N–H and O–H groups in total. The van der Waals surface area contributed by atoms with Gasteiger partial charge in [-0.15, -0.1) is 0 Å². The second-order valence-corrected chi connectivity index (χ2v) is 12.3. The van der Waals surface area contributed by atoms with Gasteiger partial charge in [-0.2, -0.15) is 0 Å². The van der Waals surface area contributed by atoms with Crippen LogP contribution in [0.15, 0.2) is 83.8 Å². The topological polar surface area (TPSA) is 69.7 Å². The highest BCUT2D eigenvalue weighted by Gasteiger charge is 2.40. The summed E-state index contributed by atoms with van der Waals surface area (Å²) in [5.74, 6) is -0.00601. The van der Waals surface area contributed by atoms with E-state index < -0.39 is 27.1 Å². The highest BCUT2D eigenvalue weighted by molar-refractivity contribution is 7.92. The molecule has 0 amide bonds. The molecule has 0 bridgehead atoms. The highest BCUT2D eigenvalue weighted by Crippen LogP contribution is 2.35. The summed E-state index contributed by atoms with van der Waals surface area (Å²) >= 11 is 0. The van der Waals surface area contributed by atoms with E-state index in [1.807, 2.05) is 73.7 Å². The molecule has 4 aromatic carbocycles. The maximum atomic E-state index is 13.8. The number of rotatable bonds is 8. The van der Waals surface area contributed by atoms with Crippen molar-refractivity contribution < 1.29 is 22.7 Å². The van der Waals surface area contributed by atoms with Crippen molar-refractivity contribution in [2.24, 2.45) is 0 Å². The number of sulfone groups is 1. The average Bonchev–Trinajstić information content (AvgIpc) is 2.95. The van der Waals surface area contributed by atoms with Gasteiger partial charge in [-0.05, 0) is 77.1 Å². The van der Waals surface area contributed by atoms with Crippen molar-refractivity contribution in [2.75, 3.05) is 7.11 Å². The van der Waals surface area contributed by atoms with Crippen molar-refractivity contribution in [3.8, 4) is 5.75 Å². The molecule has 0 aromatic heterocycles. The molecule has 0 radical (unpaired) electrons. The van der Waals surface area contributed by atoms with Gasteiger partial charge in [-0.25, -0.2) is 8.42 Å². The van der Waals surface area contributed by atoms with E-state index in [1.54, 1.807) is 19.2 Å². The molecule has 198 valence electrons. The highest BCUT2D eigenvalue weighted by atomic mass is 32.2. The molecule has 0 aliphatic heterocycles. The molecule has 1 aliphatic carbocycles. The van der Waals surface area contributed by atoms with Crippen LogP contribution in [0, 0.1) is 0 Å². The van der Waals surface area contributed by atoms with Crippen LogP contribution in [-0.2, 0) is 19.4 Å². The van der Waals surface area contributed by atoms with Crippen LogP contribution in [0.1, 0.15) is 56.9 Å². The quantitative estimate of drug-likeness (QED) is 0.225. The molecule has 1 aliphatic rings. The first-order chi connectivity index (χ1) is 18.4. The van der Waals surface area contributed by atoms with Crippen LogP contribution < -0.4 is 4.74 Å². The van der Waals surface area contributed by atoms with Crippen molar-refractivity contribution in [3.05, 3.63) is 84.4 Å². The fourth-order valence-electron chi connectivity index (χ4n) is 5.60. The first kappa shape index (κ1) is 26.2. The van der Waals surface area contributed by atoms with Gasteiger partial charge >= 0.3 is 5.97 Å². The smallest absolute Gasteiger partial charge is 0.313 e. The summed E-state index contributed by atoms with van der Waals surface area (Å²) in [6.07, 6.45) is 3.48. The van der Waals surface area contributed by atoms with Crippen molar-refractivity contribution in [3.63, 3.8) is 0 Å². The minimum atomic E-state index is -3.68. The molecular formula is C32H34O5S. The minimum absolute atomic E-state index is 0.291. The Morgan fingerprint density at radius 3 is 2.34 bits per heavy atom. The van der Waals surface area contributed by atoms with Crippen molar-refractivity contribution in [2.45, 2.75) is 67.6 Å². The van der Waals surface area contributed by atoms with Gasteiger partial charge in [-0.3, -0.25) is 4.79 Å². The van der Waals surface area contributed by atoms with Crippen molar-refractivity contribution in [1.29, 1.82) is 0 Å². The summed E-state index contributed by atoms with van der Waals surface area (Å²) in [6, 6.07) is 24.8. The summed E-state index contributed by atoms with van der Waals surface area (Å²) in [4.78, 5) is 13.9. The normalized spacial score (nSPS) is 18.8. The number of esters is 1. The number of ether oxygens (including phenoxy) is 2. The second-order valence-electron chi connectivity index (χ2n) is 10.2. The first-order valence-corrected chi connectivity index (χ1v) is 15.0. The number of fused-ring (bicyclic) bond motifs is 2. The predicted molar refractivity (Wildman–Crippen MR) is 151 cm³/mol. The Labute approximate surface area is 224 Å². The first-order valence-electron chi connectivity index (χ1n) is 13.4. The lowest BCUT2D eigenvalue weighted by Gasteiger charge is -2.32. The maximum absolute atomic E-state index is 13.8. The van der Waals surface area contributed by atoms with Gasteiger partial charge in [0.05, 0.1) is 17.9 Å². The number of hydrogen-bond acceptors (Lipinski definition) is 5. The van der Waals surface area contributed by atoms with Crippen LogP contribution in [0.3, 0.4) is 0 Å². The van der Waals surface area contributed by atoms with Crippen LogP contribution in [-0.4, -0.2) is 32.9 Å². The van der Waals surface area contributed by atoms with E-state index in [-0.39, 0.29) is 5.97 Å². The third-order valence-corrected chi connectivity index (χ3v) is 9.94. The fourth-order valence-corrected chi connectivity index (χ4v) is 7.57. The molecule has 4 aromatic rings. The average molecular weight is 531 g/mol. The van der Waals surface area contributed by atoms with Gasteiger partial charge in [0.15, 0.2) is 9.84 Å². The summed E-state index contributed by atoms with van der Waals surface area (Å²) < 4.78 is 39.0. The summed E-state index contributed by atoms with van der Waals surface area (Å²) in [5.41, 5.74) is 0.888. The summed E-state index contributed by atoms with van der Waals surface area (Å²) in [6.45, 7) is 2.04. The Morgan fingerprint density at radius 2 is 1.55 bits per heavy atom. The Balaban J connectivity index is 1.40. The van der Waals surface area contributed by atoms with Gasteiger partial charge in [0, 0.05) is 0 Å². The molecule has 0 unspecified atom stereocenters. The van der Waals surface area contributed by atoms with E-state index in [4.69, 9.17) is 9.47 Å². The van der Waals surface area contributed by atoms with Gasteiger partial charge in [0.2, 0.25) is 0 Å². The lowest BCUT2D eigenvalue weighted by Crippen LogP contribution is -2.41. The Kier molecular flexibility index (Phi) is 7.70. The lowest BCUT2D eigenvalue weighted by atomic mass is 9.92. The molecule has 0 spiro atoms. The van der Waals surface area contributed by atoms with Crippen LogP contribution in [0.25, 0.3) is 21.5 Å². The van der Waals surface area contributed by atoms with Gasteiger partial charge < -0.3 is 9.47 Å². The SMILES string of the molecule is CCC[C@@H](C(=O)O[C@H]1CCCC[C@@H]1S(=O)(=O)c1ccc2ccccc2c1)c1ccc2cc(OC)ccc2c1. The molecule has 1 fully saturated rings. The molecule has 0 saturated heterocycles. The lowest BCUT2D eigenvalue weighted by molar-refractivity contribution is -0.152. The number of hydrogen-bond donors (Lipinski definition) is 0. The zero-order chi connectivity index (χ0) is 26.7. The van der Waals surface area contributed by atoms with E-state index >= 15 is 0 Å². The number of carbonyl (C=O) groups excluding carboxylic acids is 1. The fraction of sp³-hybridized carbons (Fsp3) is 0.344. The zero-order valence-electron chi connectivity index (χ0n) is 21.9. The van der Waals surface area contributed by atoms with Gasteiger partial charge in [0.25, 0.3) is 0 Å². The monoisotopic (exact) mass is 530 g/mol. The van der Waals surface area contributed by atoms with E-state index in [2.05, 4.69) is 0 Å². The molecular weight excluding hydrogens is 496 g/mol. The zero-order valence-corrected chi connectivity index (χ0v) is 22.7. The standard InChI is InChI=1S/C32H34O5S/c1-3-8-29(26-14-13-25-20-27(36-2)17-15-24(25)19-26)32(33)37-30-11-6-7-12-31(30)38(34,35)28-18-16-22-9-4-5-10-23(22)21-28/h4-5,9-10,13-21,29-31H,3,6-8,11-12H2,1-2H3/t29-,30+,31+/m1/s1. The van der Waals surface area contributed by atoms with Crippen LogP contribution in [0.4, 0.5) is 0 Å². The third-order valence-electron chi connectivity index (χ3n) is 7.69. The molecule has 6 heteroatoms. The second kappa shape index (κ2) is 11.2. The van der Waals surface area contributed by atoms with Crippen LogP contribution >= 0.6 is 0 Å². The minimum Gasteiger partial charge on any atom is -0.497 e. The van der Waals surface area contributed by atoms with Gasteiger partial charge in [-0.1, -0.05) is 74.4 Å². The summed E-state index contributed by atoms with van der Waals surface area (Å²) in [7, 11) is -2.04. The molecule has 5 nitrogen and oxygen atoms in total. The van der Waals surface area contributed by atoms with Gasteiger partial charge in [0.1, 0.15) is 17.1 Å². The molecule has 0 heterocycles. The number of benzene rings is 4. The van der Waals surface area contributed by atoms with E-state index in [0.717, 1.165) is 52.1 Å². The molecule has 3 atom stereocenters. The van der Waals surface area contributed by atoms with E-state index in [0.29, 0.717) is 24.2 Å². The maximum Gasteiger partial charge on any atom is 0.313 e. The number of methoxy groups -OCH3 is 1. The number of carbonyl (C=O) groups is 1. The predicted octanol–water partition coefficient (Wildman–Crippen LogP) is 7.21.